The number of halogens is 1. The number of nitriles is 1. The minimum atomic E-state index is -0.565. The summed E-state index contributed by atoms with van der Waals surface area (Å²) < 4.78 is 24.3. The van der Waals surface area contributed by atoms with E-state index in [2.05, 4.69) is 16.0 Å². The number of methoxy groups -OCH3 is 1. The van der Waals surface area contributed by atoms with Gasteiger partial charge in [0.15, 0.2) is 0 Å². The first kappa shape index (κ1) is 23.2. The van der Waals surface area contributed by atoms with E-state index >= 15 is 0 Å². The molecule has 8 nitrogen and oxygen atoms in total. The lowest BCUT2D eigenvalue weighted by Crippen LogP contribution is -2.41. The zero-order valence-corrected chi connectivity index (χ0v) is 18.3. The lowest BCUT2D eigenvalue weighted by molar-refractivity contribution is 0.146. The Bertz CT molecular complexity index is 997. The van der Waals surface area contributed by atoms with Crippen molar-refractivity contribution in [1.82, 2.24) is 9.88 Å². The molecule has 1 aliphatic rings. The van der Waals surface area contributed by atoms with Crippen LogP contribution < -0.4 is 9.64 Å². The van der Waals surface area contributed by atoms with Gasteiger partial charge in [0.2, 0.25) is 5.95 Å². The quantitative estimate of drug-likeness (QED) is 0.282. The average molecular weight is 439 g/mol. The number of piperidine rings is 1. The highest BCUT2D eigenvalue weighted by atomic mass is 19.1. The predicted octanol–water partition coefficient (Wildman–Crippen LogP) is 3.52. The number of pyridine rings is 1. The minimum Gasteiger partial charge on any atom is -0.490 e. The lowest BCUT2D eigenvalue weighted by atomic mass is 9.92. The van der Waals surface area contributed by atoms with Crippen molar-refractivity contribution in [3.8, 4) is 22.9 Å². The molecule has 3 rings (SSSR count). The molecular weight excluding hydrogens is 411 g/mol. The zero-order chi connectivity index (χ0) is 23.1. The third kappa shape index (κ3) is 5.03. The van der Waals surface area contributed by atoms with Crippen LogP contribution in [0.5, 0.6) is 5.75 Å². The molecule has 0 atom stereocenters. The van der Waals surface area contributed by atoms with Crippen LogP contribution >= 0.6 is 0 Å². The monoisotopic (exact) mass is 438 g/mol. The van der Waals surface area contributed by atoms with Crippen LogP contribution in [0.15, 0.2) is 30.5 Å². The van der Waals surface area contributed by atoms with Crippen molar-refractivity contribution in [2.24, 2.45) is 5.92 Å². The van der Waals surface area contributed by atoms with E-state index in [1.165, 1.54) is 17.2 Å². The maximum absolute atomic E-state index is 13.4. The molecular formula is C23H27FN6O2. The van der Waals surface area contributed by atoms with Crippen molar-refractivity contribution in [2.75, 3.05) is 45.4 Å². The topological polar surface area (TPSA) is 109 Å². The number of ether oxygens (including phenoxy) is 2. The van der Waals surface area contributed by atoms with Crippen LogP contribution in [0.3, 0.4) is 0 Å². The average Bonchev–Trinajstić information content (AvgIpc) is 2.83. The van der Waals surface area contributed by atoms with Gasteiger partial charge in [-0.1, -0.05) is 0 Å². The first-order valence-electron chi connectivity index (χ1n) is 10.4. The van der Waals surface area contributed by atoms with E-state index in [1.54, 1.807) is 26.3 Å². The van der Waals surface area contributed by atoms with Gasteiger partial charge in [-0.15, -0.1) is 0 Å². The maximum Gasteiger partial charge on any atom is 0.212 e. The number of amidine groups is 1. The first-order valence-corrected chi connectivity index (χ1v) is 10.4. The van der Waals surface area contributed by atoms with Gasteiger partial charge in [0, 0.05) is 50.5 Å². The van der Waals surface area contributed by atoms with Crippen molar-refractivity contribution < 1.29 is 13.9 Å². The Morgan fingerprint density at radius 2 is 2.06 bits per heavy atom. The molecule has 0 spiro atoms. The van der Waals surface area contributed by atoms with Gasteiger partial charge in [0.05, 0.1) is 18.6 Å². The Balaban J connectivity index is 1.97. The molecule has 0 saturated carbocycles. The molecule has 0 radical (unpaired) electrons. The number of hydrogen-bond acceptors (Lipinski definition) is 7. The van der Waals surface area contributed by atoms with Crippen molar-refractivity contribution in [3.63, 3.8) is 0 Å². The summed E-state index contributed by atoms with van der Waals surface area (Å²) >= 11 is 0. The van der Waals surface area contributed by atoms with Gasteiger partial charge in [0.25, 0.3) is 0 Å². The largest absolute Gasteiger partial charge is 0.490 e. The molecule has 1 aliphatic heterocycles. The summed E-state index contributed by atoms with van der Waals surface area (Å²) in [6, 6.07) is 8.85. The van der Waals surface area contributed by atoms with Crippen LogP contribution in [0.1, 0.15) is 18.4 Å². The van der Waals surface area contributed by atoms with Crippen molar-refractivity contribution in [2.45, 2.75) is 12.8 Å². The van der Waals surface area contributed by atoms with Gasteiger partial charge in [0.1, 0.15) is 29.8 Å². The maximum atomic E-state index is 13.4. The van der Waals surface area contributed by atoms with Crippen molar-refractivity contribution in [1.29, 1.82) is 16.1 Å². The van der Waals surface area contributed by atoms with E-state index in [0.717, 1.165) is 30.4 Å². The molecule has 2 heterocycles. The number of nitrogens with zero attached hydrogens (tertiary/aromatic N) is 4. The van der Waals surface area contributed by atoms with Crippen LogP contribution in [0.4, 0.5) is 10.1 Å². The molecule has 1 aromatic heterocycles. The van der Waals surface area contributed by atoms with Gasteiger partial charge < -0.3 is 19.3 Å². The summed E-state index contributed by atoms with van der Waals surface area (Å²) in [7, 11) is 3.29. The summed E-state index contributed by atoms with van der Waals surface area (Å²) in [6.07, 6.45) is 4.04. The zero-order valence-electron chi connectivity index (χ0n) is 18.3. The van der Waals surface area contributed by atoms with Gasteiger partial charge in [-0.05, 0) is 37.1 Å². The summed E-state index contributed by atoms with van der Waals surface area (Å²) in [5.74, 6) is 0.363. The SMILES string of the molecule is COCCOc1ccc(-c2ccc(F)nc2)c(N2CCC(C(=N)N(C)C=N)CC2)c1C#N. The molecule has 1 aromatic carbocycles. The molecule has 1 fully saturated rings. The number of anilines is 1. The van der Waals surface area contributed by atoms with Crippen molar-refractivity contribution in [3.05, 3.63) is 42.0 Å². The number of benzene rings is 1. The fourth-order valence-corrected chi connectivity index (χ4v) is 3.87. The number of rotatable bonds is 8. The molecule has 0 bridgehead atoms. The first-order chi connectivity index (χ1) is 15.5. The number of nitrogens with one attached hydrogen (secondary N) is 2. The molecule has 2 aromatic rings. The van der Waals surface area contributed by atoms with Crippen LogP contribution in [-0.2, 0) is 4.74 Å². The Kier molecular flexibility index (Phi) is 7.73. The van der Waals surface area contributed by atoms with Crippen LogP contribution in [0.25, 0.3) is 11.1 Å². The highest BCUT2D eigenvalue weighted by Gasteiger charge is 2.28. The Morgan fingerprint density at radius 1 is 1.31 bits per heavy atom. The molecule has 168 valence electrons. The predicted molar refractivity (Wildman–Crippen MR) is 121 cm³/mol. The van der Waals surface area contributed by atoms with Crippen LogP contribution in [0.2, 0.25) is 0 Å². The smallest absolute Gasteiger partial charge is 0.212 e. The molecule has 0 amide bonds. The third-order valence-corrected chi connectivity index (χ3v) is 5.61. The molecule has 2 N–H and O–H groups in total. The van der Waals surface area contributed by atoms with E-state index in [0.29, 0.717) is 49.0 Å². The van der Waals surface area contributed by atoms with Gasteiger partial charge >= 0.3 is 0 Å². The molecule has 0 unspecified atom stereocenters. The van der Waals surface area contributed by atoms with Crippen LogP contribution in [-0.4, -0.2) is 62.5 Å². The van der Waals surface area contributed by atoms with Gasteiger partial charge in [-0.2, -0.15) is 9.65 Å². The van der Waals surface area contributed by atoms with Crippen molar-refractivity contribution >= 4 is 17.9 Å². The summed E-state index contributed by atoms with van der Waals surface area (Å²) in [5.41, 5.74) is 2.62. The minimum absolute atomic E-state index is 0.0421. The second kappa shape index (κ2) is 10.7. The molecule has 32 heavy (non-hydrogen) atoms. The summed E-state index contributed by atoms with van der Waals surface area (Å²) in [5, 5.41) is 25.7. The summed E-state index contributed by atoms with van der Waals surface area (Å²) in [4.78, 5) is 7.41. The highest BCUT2D eigenvalue weighted by Crippen LogP contribution is 2.40. The van der Waals surface area contributed by atoms with Gasteiger partial charge in [-0.25, -0.2) is 4.98 Å². The second-order valence-corrected chi connectivity index (χ2v) is 7.54. The fourth-order valence-electron chi connectivity index (χ4n) is 3.87. The number of hydrogen-bond donors (Lipinski definition) is 2. The Morgan fingerprint density at radius 3 is 2.66 bits per heavy atom. The third-order valence-electron chi connectivity index (χ3n) is 5.61. The standard InChI is InChI=1S/C23H27FN6O2/c1-29(15-26)23(27)16-7-9-30(10-8-16)22-18(17-3-6-21(24)28-14-17)4-5-20(19(22)13-25)32-12-11-31-2/h3-6,14-16,26-27H,7-12H2,1-2H3. The molecule has 0 aliphatic carbocycles. The van der Waals surface area contributed by atoms with E-state index in [-0.39, 0.29) is 5.92 Å². The van der Waals surface area contributed by atoms with E-state index < -0.39 is 5.95 Å². The lowest BCUT2D eigenvalue weighted by Gasteiger charge is -2.36. The van der Waals surface area contributed by atoms with Gasteiger partial charge in [-0.3, -0.25) is 10.8 Å². The number of aromatic nitrogens is 1. The highest BCUT2D eigenvalue weighted by molar-refractivity contribution is 5.91. The van der Waals surface area contributed by atoms with E-state index in [1.807, 2.05) is 6.07 Å². The second-order valence-electron chi connectivity index (χ2n) is 7.54. The fraction of sp³-hybridized carbons (Fsp3) is 0.391. The Hall–Kier alpha value is -3.51. The Labute approximate surface area is 187 Å². The van der Waals surface area contributed by atoms with E-state index in [4.69, 9.17) is 20.3 Å². The molecule has 9 heteroatoms. The van der Waals surface area contributed by atoms with E-state index in [9.17, 15) is 9.65 Å². The summed E-state index contributed by atoms with van der Waals surface area (Å²) in [6.45, 7) is 1.99. The normalized spacial score (nSPS) is 14.0. The van der Waals surface area contributed by atoms with Crippen LogP contribution in [0, 0.1) is 34.0 Å². The molecule has 1 saturated heterocycles.